The van der Waals surface area contributed by atoms with Gasteiger partial charge in [0.05, 0.1) is 12.3 Å². The molecule has 0 aromatic heterocycles. The van der Waals surface area contributed by atoms with Crippen molar-refractivity contribution in [3.05, 3.63) is 29.6 Å². The number of rotatable bonds is 8. The van der Waals surface area contributed by atoms with E-state index in [2.05, 4.69) is 5.32 Å². The van der Waals surface area contributed by atoms with Gasteiger partial charge in [-0.05, 0) is 6.42 Å². The van der Waals surface area contributed by atoms with Crippen LogP contribution in [0.15, 0.2) is 12.1 Å². The van der Waals surface area contributed by atoms with Crippen molar-refractivity contribution in [2.75, 3.05) is 38.8 Å². The first kappa shape index (κ1) is 14.8. The normalized spacial score (nSPS) is 10.7. The Hall–Kier alpha value is -1.27. The van der Waals surface area contributed by atoms with Crippen molar-refractivity contribution >= 4 is 5.69 Å². The van der Waals surface area contributed by atoms with E-state index in [0.29, 0.717) is 32.4 Å². The molecule has 0 fully saturated rings. The lowest BCUT2D eigenvalue weighted by Gasteiger charge is -2.08. The van der Waals surface area contributed by atoms with Crippen molar-refractivity contribution in [1.82, 2.24) is 0 Å². The molecular weight excluding hydrogens is 247 g/mol. The molecule has 0 saturated carbocycles. The highest BCUT2D eigenvalue weighted by molar-refractivity contribution is 5.45. The zero-order valence-electron chi connectivity index (χ0n) is 10.1. The maximum Gasteiger partial charge on any atom is 0.161 e. The van der Waals surface area contributed by atoms with E-state index in [9.17, 15) is 13.2 Å². The molecule has 0 heterocycles. The summed E-state index contributed by atoms with van der Waals surface area (Å²) in [6, 6.07) is 1.30. The number of hydrogen-bond donors (Lipinski definition) is 1. The number of ether oxygens (including phenoxy) is 2. The van der Waals surface area contributed by atoms with Crippen molar-refractivity contribution in [1.29, 1.82) is 0 Å². The molecule has 0 aliphatic rings. The van der Waals surface area contributed by atoms with Crippen LogP contribution in [0.3, 0.4) is 0 Å². The van der Waals surface area contributed by atoms with E-state index >= 15 is 0 Å². The smallest absolute Gasteiger partial charge is 0.161 e. The van der Waals surface area contributed by atoms with Gasteiger partial charge in [-0.25, -0.2) is 13.2 Å². The first-order chi connectivity index (χ1) is 8.65. The molecule has 0 atom stereocenters. The fraction of sp³-hybridized carbons (Fsp3) is 0.500. The minimum absolute atomic E-state index is 0.0746. The van der Waals surface area contributed by atoms with Gasteiger partial charge in [0.15, 0.2) is 11.6 Å². The van der Waals surface area contributed by atoms with Crippen LogP contribution in [0.5, 0.6) is 0 Å². The van der Waals surface area contributed by atoms with Gasteiger partial charge in [0.1, 0.15) is 5.82 Å². The average Bonchev–Trinajstić information content (AvgIpc) is 2.34. The molecule has 18 heavy (non-hydrogen) atoms. The van der Waals surface area contributed by atoms with E-state index in [0.717, 1.165) is 12.5 Å². The highest BCUT2D eigenvalue weighted by atomic mass is 19.2. The zero-order valence-corrected chi connectivity index (χ0v) is 10.1. The molecule has 0 aliphatic heterocycles. The predicted molar refractivity (Wildman–Crippen MR) is 62.1 cm³/mol. The molecule has 1 aromatic rings. The number of nitrogens with one attached hydrogen (secondary N) is 1. The summed E-state index contributed by atoms with van der Waals surface area (Å²) in [5.74, 6) is -3.11. The predicted octanol–water partition coefficient (Wildman–Crippen LogP) is 2.57. The van der Waals surface area contributed by atoms with E-state index in [1.54, 1.807) is 7.11 Å². The second kappa shape index (κ2) is 7.94. The molecular formula is C12H16F3NO2. The van der Waals surface area contributed by atoms with Gasteiger partial charge < -0.3 is 14.8 Å². The Labute approximate surface area is 104 Å². The molecule has 1 N–H and O–H groups in total. The molecule has 0 unspecified atom stereocenters. The summed E-state index contributed by atoms with van der Waals surface area (Å²) >= 11 is 0. The molecule has 6 heteroatoms. The Bertz CT molecular complexity index is 375. The number of halogens is 3. The van der Waals surface area contributed by atoms with Crippen LogP contribution >= 0.6 is 0 Å². The Morgan fingerprint density at radius 3 is 2.44 bits per heavy atom. The lowest BCUT2D eigenvalue weighted by molar-refractivity contribution is 0.109. The van der Waals surface area contributed by atoms with Crippen LogP contribution < -0.4 is 5.32 Å². The Kier molecular flexibility index (Phi) is 6.53. The lowest BCUT2D eigenvalue weighted by atomic mass is 10.3. The van der Waals surface area contributed by atoms with Crippen LogP contribution in [0.1, 0.15) is 6.42 Å². The number of hydrogen-bond acceptors (Lipinski definition) is 3. The van der Waals surface area contributed by atoms with Crippen LogP contribution in [0.4, 0.5) is 18.9 Å². The first-order valence-corrected chi connectivity index (χ1v) is 5.60. The highest BCUT2D eigenvalue weighted by Crippen LogP contribution is 2.17. The standard InChI is InChI=1S/C12H16F3NO2/c1-17-4-2-5-18-6-3-16-12-8-10(14)9(13)7-11(12)15/h7-8,16H,2-6H2,1H3. The monoisotopic (exact) mass is 263 g/mol. The summed E-state index contributed by atoms with van der Waals surface area (Å²) < 4.78 is 48.7. The number of anilines is 1. The topological polar surface area (TPSA) is 30.5 Å². The van der Waals surface area contributed by atoms with Crippen LogP contribution in [0.2, 0.25) is 0 Å². The highest BCUT2D eigenvalue weighted by Gasteiger charge is 2.08. The first-order valence-electron chi connectivity index (χ1n) is 5.60. The maximum atomic E-state index is 13.2. The molecule has 1 rings (SSSR count). The average molecular weight is 263 g/mol. The zero-order chi connectivity index (χ0) is 13.4. The Morgan fingerprint density at radius 2 is 1.72 bits per heavy atom. The number of methoxy groups -OCH3 is 1. The van der Waals surface area contributed by atoms with Gasteiger partial charge in [0.25, 0.3) is 0 Å². The van der Waals surface area contributed by atoms with Gasteiger partial charge in [-0.1, -0.05) is 0 Å². The molecule has 0 spiro atoms. The minimum Gasteiger partial charge on any atom is -0.385 e. The van der Waals surface area contributed by atoms with Crippen molar-refractivity contribution in [3.63, 3.8) is 0 Å². The third-order valence-corrected chi connectivity index (χ3v) is 2.21. The third-order valence-electron chi connectivity index (χ3n) is 2.21. The molecule has 0 bridgehead atoms. The van der Waals surface area contributed by atoms with E-state index in [-0.39, 0.29) is 5.69 Å². The van der Waals surface area contributed by atoms with Gasteiger partial charge in [-0.15, -0.1) is 0 Å². The van der Waals surface area contributed by atoms with Crippen LogP contribution in [0.25, 0.3) is 0 Å². The fourth-order valence-corrected chi connectivity index (χ4v) is 1.32. The van der Waals surface area contributed by atoms with Gasteiger partial charge in [0, 0.05) is 39.0 Å². The van der Waals surface area contributed by atoms with E-state index in [4.69, 9.17) is 9.47 Å². The van der Waals surface area contributed by atoms with Crippen molar-refractivity contribution in [2.24, 2.45) is 0 Å². The summed E-state index contributed by atoms with van der Waals surface area (Å²) in [6.45, 7) is 1.82. The van der Waals surface area contributed by atoms with Gasteiger partial charge >= 0.3 is 0 Å². The lowest BCUT2D eigenvalue weighted by Crippen LogP contribution is -2.12. The van der Waals surface area contributed by atoms with Crippen molar-refractivity contribution < 1.29 is 22.6 Å². The van der Waals surface area contributed by atoms with Gasteiger partial charge in [-0.3, -0.25) is 0 Å². The summed E-state index contributed by atoms with van der Waals surface area (Å²) in [5.41, 5.74) is -0.0746. The van der Waals surface area contributed by atoms with E-state index in [1.165, 1.54) is 0 Å². The van der Waals surface area contributed by atoms with Crippen LogP contribution in [0, 0.1) is 17.5 Å². The fourth-order valence-electron chi connectivity index (χ4n) is 1.32. The van der Waals surface area contributed by atoms with Crippen molar-refractivity contribution in [2.45, 2.75) is 6.42 Å². The Balaban J connectivity index is 2.25. The molecule has 3 nitrogen and oxygen atoms in total. The van der Waals surface area contributed by atoms with Crippen molar-refractivity contribution in [3.8, 4) is 0 Å². The van der Waals surface area contributed by atoms with E-state index in [1.807, 2.05) is 0 Å². The third kappa shape index (κ3) is 4.93. The molecule has 0 aliphatic carbocycles. The van der Waals surface area contributed by atoms with Gasteiger partial charge in [-0.2, -0.15) is 0 Å². The molecule has 1 aromatic carbocycles. The Morgan fingerprint density at radius 1 is 1.00 bits per heavy atom. The molecule has 102 valence electrons. The largest absolute Gasteiger partial charge is 0.385 e. The summed E-state index contributed by atoms with van der Waals surface area (Å²) in [4.78, 5) is 0. The second-order valence-electron chi connectivity index (χ2n) is 3.63. The van der Waals surface area contributed by atoms with Crippen LogP contribution in [-0.2, 0) is 9.47 Å². The second-order valence-corrected chi connectivity index (χ2v) is 3.63. The minimum atomic E-state index is -1.20. The van der Waals surface area contributed by atoms with Gasteiger partial charge in [0.2, 0.25) is 0 Å². The molecule has 0 amide bonds. The quantitative estimate of drug-likeness (QED) is 0.577. The molecule has 0 saturated heterocycles. The molecule has 0 radical (unpaired) electrons. The van der Waals surface area contributed by atoms with Crippen LogP contribution in [-0.4, -0.2) is 33.5 Å². The van der Waals surface area contributed by atoms with E-state index < -0.39 is 17.5 Å². The maximum absolute atomic E-state index is 13.2. The summed E-state index contributed by atoms with van der Waals surface area (Å²) in [5, 5.41) is 2.63. The SMILES string of the molecule is COCCCOCCNc1cc(F)c(F)cc1F. The summed E-state index contributed by atoms with van der Waals surface area (Å²) in [7, 11) is 1.60. The summed E-state index contributed by atoms with van der Waals surface area (Å²) in [6.07, 6.45) is 0.774. The number of benzene rings is 1.